The van der Waals surface area contributed by atoms with Crippen molar-refractivity contribution in [1.29, 1.82) is 5.41 Å². The van der Waals surface area contributed by atoms with E-state index in [1.807, 2.05) is 18.2 Å². The molecule has 6 N–H and O–H groups in total. The van der Waals surface area contributed by atoms with Gasteiger partial charge < -0.3 is 21.7 Å². The molecule has 0 bridgehead atoms. The number of rotatable bonds is 11. The van der Waals surface area contributed by atoms with Crippen LogP contribution in [0.4, 0.5) is 0 Å². The molecule has 0 radical (unpaired) electrons. The normalized spacial score (nSPS) is 12.6. The number of benzene rings is 2. The van der Waals surface area contributed by atoms with E-state index in [1.165, 1.54) is 5.56 Å². The van der Waals surface area contributed by atoms with E-state index in [2.05, 4.69) is 35.0 Å². The van der Waals surface area contributed by atoms with Gasteiger partial charge in [0.2, 0.25) is 11.8 Å². The van der Waals surface area contributed by atoms with E-state index in [0.29, 0.717) is 18.0 Å². The Balaban J connectivity index is 1.64. The van der Waals surface area contributed by atoms with E-state index < -0.39 is 6.04 Å². The SMILES string of the molecule is CC(NC(=O)CNCCC(C)c1ccccc1)C(=O)NCc1ccc(C(=N)N)cc1. The molecule has 7 heteroatoms. The zero-order chi connectivity index (χ0) is 21.9. The average Bonchev–Trinajstić information content (AvgIpc) is 2.75. The van der Waals surface area contributed by atoms with Crippen LogP contribution in [-0.4, -0.2) is 36.8 Å². The highest BCUT2D eigenvalue weighted by molar-refractivity contribution is 5.94. The van der Waals surface area contributed by atoms with Crippen LogP contribution in [0.15, 0.2) is 54.6 Å². The lowest BCUT2D eigenvalue weighted by Gasteiger charge is -2.15. The number of carbonyl (C=O) groups excluding carboxylic acids is 2. The molecule has 0 aliphatic rings. The fraction of sp³-hybridized carbons (Fsp3) is 0.348. The van der Waals surface area contributed by atoms with E-state index in [9.17, 15) is 9.59 Å². The van der Waals surface area contributed by atoms with Gasteiger partial charge in [-0.3, -0.25) is 15.0 Å². The van der Waals surface area contributed by atoms with E-state index in [4.69, 9.17) is 11.1 Å². The Bertz CT molecular complexity index is 836. The maximum atomic E-state index is 12.2. The summed E-state index contributed by atoms with van der Waals surface area (Å²) in [6, 6.07) is 16.7. The van der Waals surface area contributed by atoms with Crippen molar-refractivity contribution in [2.75, 3.05) is 13.1 Å². The van der Waals surface area contributed by atoms with Gasteiger partial charge in [0, 0.05) is 12.1 Å². The van der Waals surface area contributed by atoms with Crippen LogP contribution in [-0.2, 0) is 16.1 Å². The largest absolute Gasteiger partial charge is 0.384 e. The van der Waals surface area contributed by atoms with E-state index >= 15 is 0 Å². The van der Waals surface area contributed by atoms with Gasteiger partial charge in [0.05, 0.1) is 6.54 Å². The van der Waals surface area contributed by atoms with Crippen LogP contribution in [0, 0.1) is 5.41 Å². The van der Waals surface area contributed by atoms with Crippen molar-refractivity contribution >= 4 is 17.6 Å². The molecule has 2 rings (SSSR count). The summed E-state index contributed by atoms with van der Waals surface area (Å²) >= 11 is 0. The molecular weight excluding hydrogens is 378 g/mol. The first-order valence-electron chi connectivity index (χ1n) is 10.1. The van der Waals surface area contributed by atoms with Crippen molar-refractivity contribution in [2.24, 2.45) is 5.73 Å². The molecular formula is C23H31N5O2. The molecule has 2 aromatic rings. The lowest BCUT2D eigenvalue weighted by Crippen LogP contribution is -2.47. The van der Waals surface area contributed by atoms with E-state index in [0.717, 1.165) is 18.5 Å². The minimum Gasteiger partial charge on any atom is -0.384 e. The number of hydrogen-bond acceptors (Lipinski definition) is 4. The lowest BCUT2D eigenvalue weighted by molar-refractivity contribution is -0.128. The monoisotopic (exact) mass is 409 g/mol. The molecule has 0 fully saturated rings. The number of hydrogen-bond donors (Lipinski definition) is 5. The van der Waals surface area contributed by atoms with Gasteiger partial charge >= 0.3 is 0 Å². The summed E-state index contributed by atoms with van der Waals surface area (Å²) in [4.78, 5) is 24.3. The minimum atomic E-state index is -0.626. The van der Waals surface area contributed by atoms with Gasteiger partial charge in [-0.15, -0.1) is 0 Å². The number of amides is 2. The van der Waals surface area contributed by atoms with Crippen molar-refractivity contribution in [2.45, 2.75) is 38.8 Å². The predicted molar refractivity (Wildman–Crippen MR) is 119 cm³/mol. The van der Waals surface area contributed by atoms with E-state index in [1.54, 1.807) is 31.2 Å². The third kappa shape index (κ3) is 7.67. The third-order valence-corrected chi connectivity index (χ3v) is 4.91. The highest BCUT2D eigenvalue weighted by Gasteiger charge is 2.15. The molecule has 2 amide bonds. The number of nitrogens with one attached hydrogen (secondary N) is 4. The van der Waals surface area contributed by atoms with Gasteiger partial charge in [0.15, 0.2) is 0 Å². The summed E-state index contributed by atoms with van der Waals surface area (Å²) in [6.45, 7) is 5.06. The predicted octanol–water partition coefficient (Wildman–Crippen LogP) is 1.87. The standard InChI is InChI=1S/C23H31N5O2/c1-16(19-6-4-3-5-7-19)12-13-26-15-21(29)28-17(2)23(30)27-14-18-8-10-20(11-9-18)22(24)25/h3-11,16-17,26H,12-15H2,1-2H3,(H3,24,25)(H,27,30)(H,28,29). The maximum Gasteiger partial charge on any atom is 0.242 e. The van der Waals surface area contributed by atoms with Crippen LogP contribution in [0.1, 0.15) is 42.9 Å². The molecule has 0 heterocycles. The average molecular weight is 410 g/mol. The van der Waals surface area contributed by atoms with Gasteiger partial charge in [0.1, 0.15) is 11.9 Å². The van der Waals surface area contributed by atoms with Crippen molar-refractivity contribution in [3.8, 4) is 0 Å². The quantitative estimate of drug-likeness (QED) is 0.221. The molecule has 160 valence electrons. The van der Waals surface area contributed by atoms with Crippen molar-refractivity contribution < 1.29 is 9.59 Å². The van der Waals surface area contributed by atoms with Crippen LogP contribution in [0.2, 0.25) is 0 Å². The summed E-state index contributed by atoms with van der Waals surface area (Å²) in [7, 11) is 0. The second-order valence-corrected chi connectivity index (χ2v) is 7.39. The van der Waals surface area contributed by atoms with Crippen LogP contribution in [0.25, 0.3) is 0 Å². The van der Waals surface area contributed by atoms with Crippen LogP contribution in [0.3, 0.4) is 0 Å². The molecule has 30 heavy (non-hydrogen) atoms. The first kappa shape index (κ1) is 23.1. The molecule has 0 saturated heterocycles. The Kier molecular flexibility index (Phi) is 9.03. The van der Waals surface area contributed by atoms with Crippen LogP contribution in [0.5, 0.6) is 0 Å². The zero-order valence-corrected chi connectivity index (χ0v) is 17.6. The third-order valence-electron chi connectivity index (χ3n) is 4.91. The van der Waals surface area contributed by atoms with Crippen LogP contribution < -0.4 is 21.7 Å². The smallest absolute Gasteiger partial charge is 0.242 e. The number of nitrogen functional groups attached to an aromatic ring is 1. The minimum absolute atomic E-state index is 0.00468. The lowest BCUT2D eigenvalue weighted by atomic mass is 9.98. The van der Waals surface area contributed by atoms with Gasteiger partial charge in [-0.1, -0.05) is 61.5 Å². The second kappa shape index (κ2) is 11.7. The molecule has 2 unspecified atom stereocenters. The van der Waals surface area contributed by atoms with Crippen LogP contribution >= 0.6 is 0 Å². The highest BCUT2D eigenvalue weighted by Crippen LogP contribution is 2.17. The Hall–Kier alpha value is -3.19. The van der Waals surface area contributed by atoms with Crippen molar-refractivity contribution in [3.63, 3.8) is 0 Å². The van der Waals surface area contributed by atoms with Gasteiger partial charge in [-0.2, -0.15) is 0 Å². The Morgan fingerprint density at radius 1 is 1.03 bits per heavy atom. The molecule has 0 aliphatic carbocycles. The Morgan fingerprint density at radius 2 is 1.70 bits per heavy atom. The number of amidine groups is 1. The maximum absolute atomic E-state index is 12.2. The molecule has 7 nitrogen and oxygen atoms in total. The van der Waals surface area contributed by atoms with Crippen molar-refractivity contribution in [3.05, 3.63) is 71.3 Å². The fourth-order valence-electron chi connectivity index (χ4n) is 2.97. The summed E-state index contributed by atoms with van der Waals surface area (Å²) in [5.74, 6) is -0.0476. The van der Waals surface area contributed by atoms with Crippen molar-refractivity contribution in [1.82, 2.24) is 16.0 Å². The topological polar surface area (TPSA) is 120 Å². The van der Waals surface area contributed by atoms with E-state index in [-0.39, 0.29) is 24.2 Å². The molecule has 0 spiro atoms. The number of nitrogens with two attached hydrogens (primary N) is 1. The first-order valence-corrected chi connectivity index (χ1v) is 10.1. The first-order chi connectivity index (χ1) is 14.4. The molecule has 2 aromatic carbocycles. The summed E-state index contributed by atoms with van der Waals surface area (Å²) in [5.41, 5.74) is 8.23. The molecule has 0 aromatic heterocycles. The van der Waals surface area contributed by atoms with Gasteiger partial charge in [0.25, 0.3) is 0 Å². The number of carbonyl (C=O) groups is 2. The Morgan fingerprint density at radius 3 is 2.33 bits per heavy atom. The Labute approximate surface area is 178 Å². The molecule has 0 saturated carbocycles. The second-order valence-electron chi connectivity index (χ2n) is 7.39. The molecule has 2 atom stereocenters. The summed E-state index contributed by atoms with van der Waals surface area (Å²) < 4.78 is 0. The summed E-state index contributed by atoms with van der Waals surface area (Å²) in [6.07, 6.45) is 0.926. The summed E-state index contributed by atoms with van der Waals surface area (Å²) in [5, 5.41) is 16.0. The van der Waals surface area contributed by atoms with Gasteiger partial charge in [-0.25, -0.2) is 0 Å². The highest BCUT2D eigenvalue weighted by atomic mass is 16.2. The zero-order valence-electron chi connectivity index (χ0n) is 17.6. The van der Waals surface area contributed by atoms with Gasteiger partial charge in [-0.05, 0) is 36.9 Å². The fourth-order valence-corrected chi connectivity index (χ4v) is 2.97. The molecule has 0 aliphatic heterocycles.